The Kier molecular flexibility index (Phi) is 5.19. The molecule has 0 saturated carbocycles. The molecule has 1 aromatic rings. The Hall–Kier alpha value is -1.37. The first-order chi connectivity index (χ1) is 8.90. The molecular formula is C15H20N2O. The zero-order valence-electron chi connectivity index (χ0n) is 10.6. The minimum atomic E-state index is -0.0500. The third kappa shape index (κ3) is 3.83. The second-order valence-electron chi connectivity index (χ2n) is 4.81. The zero-order chi connectivity index (χ0) is 12.6. The van der Waals surface area contributed by atoms with Gasteiger partial charge in [-0.2, -0.15) is 5.26 Å². The van der Waals surface area contributed by atoms with E-state index in [9.17, 15) is 5.26 Å². The predicted octanol–water partition coefficient (Wildman–Crippen LogP) is 2.31. The third-order valence-electron chi connectivity index (χ3n) is 3.46. The minimum Gasteiger partial charge on any atom is -0.381 e. The van der Waals surface area contributed by atoms with Crippen molar-refractivity contribution in [1.29, 1.82) is 5.26 Å². The largest absolute Gasteiger partial charge is 0.381 e. The summed E-state index contributed by atoms with van der Waals surface area (Å²) in [5.41, 5.74) is 1.09. The van der Waals surface area contributed by atoms with Crippen LogP contribution in [0.1, 0.15) is 24.3 Å². The molecule has 3 heteroatoms. The molecule has 18 heavy (non-hydrogen) atoms. The van der Waals surface area contributed by atoms with Crippen molar-refractivity contribution in [2.75, 3.05) is 26.3 Å². The molecule has 1 fully saturated rings. The average molecular weight is 244 g/mol. The lowest BCUT2D eigenvalue weighted by Gasteiger charge is -2.12. The van der Waals surface area contributed by atoms with Gasteiger partial charge in [0.15, 0.2) is 0 Å². The Morgan fingerprint density at radius 1 is 1.39 bits per heavy atom. The van der Waals surface area contributed by atoms with Crippen LogP contribution in [-0.2, 0) is 4.74 Å². The van der Waals surface area contributed by atoms with Crippen molar-refractivity contribution in [2.45, 2.75) is 18.8 Å². The molecule has 0 aliphatic carbocycles. The molecule has 1 aliphatic heterocycles. The van der Waals surface area contributed by atoms with E-state index in [0.29, 0.717) is 5.92 Å². The second kappa shape index (κ2) is 7.15. The summed E-state index contributed by atoms with van der Waals surface area (Å²) in [7, 11) is 0. The third-order valence-corrected chi connectivity index (χ3v) is 3.46. The fraction of sp³-hybridized carbons (Fsp3) is 0.533. The van der Waals surface area contributed by atoms with Crippen LogP contribution in [-0.4, -0.2) is 26.3 Å². The van der Waals surface area contributed by atoms with Crippen molar-refractivity contribution >= 4 is 0 Å². The number of nitrogens with zero attached hydrogens (tertiary/aromatic N) is 1. The summed E-state index contributed by atoms with van der Waals surface area (Å²) in [5, 5.41) is 12.6. The molecule has 0 spiro atoms. The van der Waals surface area contributed by atoms with Gasteiger partial charge in [0.05, 0.1) is 12.0 Å². The van der Waals surface area contributed by atoms with Gasteiger partial charge in [0.1, 0.15) is 0 Å². The van der Waals surface area contributed by atoms with E-state index < -0.39 is 0 Å². The Morgan fingerprint density at radius 3 is 2.89 bits per heavy atom. The van der Waals surface area contributed by atoms with Gasteiger partial charge < -0.3 is 10.1 Å². The summed E-state index contributed by atoms with van der Waals surface area (Å²) in [6.07, 6.45) is 2.33. The SMILES string of the molecule is N#CC(CNCCC1CCOC1)c1ccccc1. The quantitative estimate of drug-likeness (QED) is 0.781. The van der Waals surface area contributed by atoms with Crippen LogP contribution in [0.5, 0.6) is 0 Å². The molecule has 0 aromatic heterocycles. The lowest BCUT2D eigenvalue weighted by Crippen LogP contribution is -2.23. The molecule has 1 aliphatic rings. The van der Waals surface area contributed by atoms with Gasteiger partial charge in [-0.3, -0.25) is 0 Å². The number of benzene rings is 1. The van der Waals surface area contributed by atoms with Gasteiger partial charge in [0, 0.05) is 19.8 Å². The average Bonchev–Trinajstić information content (AvgIpc) is 2.93. The number of rotatable bonds is 6. The van der Waals surface area contributed by atoms with Crippen LogP contribution in [0.3, 0.4) is 0 Å². The lowest BCUT2D eigenvalue weighted by molar-refractivity contribution is 0.184. The lowest BCUT2D eigenvalue weighted by atomic mass is 10.0. The van der Waals surface area contributed by atoms with Crippen molar-refractivity contribution in [3.63, 3.8) is 0 Å². The molecule has 1 saturated heterocycles. The van der Waals surface area contributed by atoms with E-state index >= 15 is 0 Å². The fourth-order valence-corrected chi connectivity index (χ4v) is 2.29. The van der Waals surface area contributed by atoms with Crippen LogP contribution in [0.2, 0.25) is 0 Å². The zero-order valence-corrected chi connectivity index (χ0v) is 10.6. The van der Waals surface area contributed by atoms with Crippen LogP contribution < -0.4 is 5.32 Å². The van der Waals surface area contributed by atoms with Gasteiger partial charge in [0.2, 0.25) is 0 Å². The molecule has 1 N–H and O–H groups in total. The number of hydrogen-bond donors (Lipinski definition) is 1. The Morgan fingerprint density at radius 2 is 2.22 bits per heavy atom. The van der Waals surface area contributed by atoms with E-state index in [1.807, 2.05) is 30.3 Å². The van der Waals surface area contributed by atoms with Crippen molar-refractivity contribution in [3.05, 3.63) is 35.9 Å². The number of ether oxygens (including phenoxy) is 1. The highest BCUT2D eigenvalue weighted by molar-refractivity contribution is 5.24. The highest BCUT2D eigenvalue weighted by atomic mass is 16.5. The Balaban J connectivity index is 1.69. The summed E-state index contributed by atoms with van der Waals surface area (Å²) >= 11 is 0. The van der Waals surface area contributed by atoms with E-state index in [0.717, 1.165) is 38.3 Å². The summed E-state index contributed by atoms with van der Waals surface area (Å²) in [5.74, 6) is 0.654. The molecule has 1 heterocycles. The van der Waals surface area contributed by atoms with Gasteiger partial charge in [-0.1, -0.05) is 30.3 Å². The van der Waals surface area contributed by atoms with Crippen LogP contribution >= 0.6 is 0 Å². The predicted molar refractivity (Wildman–Crippen MR) is 71.2 cm³/mol. The van der Waals surface area contributed by atoms with Gasteiger partial charge >= 0.3 is 0 Å². The molecule has 96 valence electrons. The topological polar surface area (TPSA) is 45.0 Å². The molecule has 2 atom stereocenters. The first-order valence-corrected chi connectivity index (χ1v) is 6.63. The molecule has 2 unspecified atom stereocenters. The Labute approximate surface area is 109 Å². The maximum absolute atomic E-state index is 9.18. The normalized spacial score (nSPS) is 20.5. The van der Waals surface area contributed by atoms with Crippen LogP contribution in [0.4, 0.5) is 0 Å². The van der Waals surface area contributed by atoms with E-state index in [1.165, 1.54) is 6.42 Å². The van der Waals surface area contributed by atoms with Crippen molar-refractivity contribution in [1.82, 2.24) is 5.32 Å². The summed E-state index contributed by atoms with van der Waals surface area (Å²) in [6, 6.07) is 12.3. The van der Waals surface area contributed by atoms with E-state index in [2.05, 4.69) is 11.4 Å². The van der Waals surface area contributed by atoms with Crippen LogP contribution in [0, 0.1) is 17.2 Å². The van der Waals surface area contributed by atoms with E-state index in [1.54, 1.807) is 0 Å². The number of hydrogen-bond acceptors (Lipinski definition) is 3. The number of nitriles is 1. The van der Waals surface area contributed by atoms with Gasteiger partial charge in [0.25, 0.3) is 0 Å². The standard InChI is InChI=1S/C15H20N2O/c16-10-15(14-4-2-1-3-5-14)11-17-8-6-13-7-9-18-12-13/h1-5,13,15,17H,6-9,11-12H2. The fourth-order valence-electron chi connectivity index (χ4n) is 2.29. The van der Waals surface area contributed by atoms with E-state index in [4.69, 9.17) is 4.74 Å². The molecule has 0 radical (unpaired) electrons. The molecule has 3 nitrogen and oxygen atoms in total. The van der Waals surface area contributed by atoms with Crippen molar-refractivity contribution in [2.24, 2.45) is 5.92 Å². The van der Waals surface area contributed by atoms with Crippen molar-refractivity contribution < 1.29 is 4.74 Å². The highest BCUT2D eigenvalue weighted by Crippen LogP contribution is 2.16. The first kappa shape index (κ1) is 13.1. The van der Waals surface area contributed by atoms with Gasteiger partial charge in [-0.25, -0.2) is 0 Å². The molecule has 0 bridgehead atoms. The molecular weight excluding hydrogens is 224 g/mol. The number of nitrogens with one attached hydrogen (secondary N) is 1. The maximum Gasteiger partial charge on any atom is 0.0837 e. The smallest absolute Gasteiger partial charge is 0.0837 e. The maximum atomic E-state index is 9.18. The summed E-state index contributed by atoms with van der Waals surface area (Å²) in [4.78, 5) is 0. The Bertz CT molecular complexity index is 379. The second-order valence-corrected chi connectivity index (χ2v) is 4.81. The molecule has 0 amide bonds. The first-order valence-electron chi connectivity index (χ1n) is 6.63. The van der Waals surface area contributed by atoms with E-state index in [-0.39, 0.29) is 5.92 Å². The summed E-state index contributed by atoms with van der Waals surface area (Å²) < 4.78 is 5.35. The van der Waals surface area contributed by atoms with Crippen LogP contribution in [0.25, 0.3) is 0 Å². The van der Waals surface area contributed by atoms with Crippen LogP contribution in [0.15, 0.2) is 30.3 Å². The summed E-state index contributed by atoms with van der Waals surface area (Å²) in [6.45, 7) is 3.52. The molecule has 1 aromatic carbocycles. The van der Waals surface area contributed by atoms with Gasteiger partial charge in [-0.05, 0) is 30.9 Å². The van der Waals surface area contributed by atoms with Crippen molar-refractivity contribution in [3.8, 4) is 6.07 Å². The monoisotopic (exact) mass is 244 g/mol. The highest BCUT2D eigenvalue weighted by Gasteiger charge is 2.15. The van der Waals surface area contributed by atoms with Gasteiger partial charge in [-0.15, -0.1) is 0 Å². The minimum absolute atomic E-state index is 0.0500. The molecule has 2 rings (SSSR count).